The molecule has 0 saturated heterocycles. The summed E-state index contributed by atoms with van der Waals surface area (Å²) in [6.07, 6.45) is 3.65. The molecule has 0 aromatic carbocycles. The number of ketones is 2. The predicted molar refractivity (Wildman–Crippen MR) is 120 cm³/mol. The van der Waals surface area contributed by atoms with Crippen molar-refractivity contribution in [3.05, 3.63) is 0 Å². The van der Waals surface area contributed by atoms with E-state index in [0.29, 0.717) is 38.5 Å². The van der Waals surface area contributed by atoms with Crippen LogP contribution in [-0.2, 0) is 19.1 Å². The molecule has 0 aromatic rings. The lowest BCUT2D eigenvalue weighted by Gasteiger charge is -2.28. The third-order valence-corrected chi connectivity index (χ3v) is 6.60. The first-order chi connectivity index (χ1) is 14.6. The average molecular weight is 443 g/mol. The number of amides is 2. The van der Waals surface area contributed by atoms with E-state index in [4.69, 9.17) is 9.47 Å². The molecule has 0 heterocycles. The van der Waals surface area contributed by atoms with Gasteiger partial charge in [-0.2, -0.15) is 0 Å². The largest absolute Gasteiger partial charge is 0.450 e. The van der Waals surface area contributed by atoms with Crippen molar-refractivity contribution in [2.24, 2.45) is 10.8 Å². The fraction of sp³-hybridized carbons (Fsp3) is 0.826. The molecule has 0 bridgehead atoms. The summed E-state index contributed by atoms with van der Waals surface area (Å²) in [5.41, 5.74) is -1.06. The van der Waals surface area contributed by atoms with Crippen LogP contribution in [0.5, 0.6) is 0 Å². The van der Waals surface area contributed by atoms with Gasteiger partial charge >= 0.3 is 12.2 Å². The van der Waals surface area contributed by atoms with Gasteiger partial charge in [0.1, 0.15) is 11.6 Å². The molecule has 0 radical (unpaired) electrons. The minimum Gasteiger partial charge on any atom is -0.450 e. The Morgan fingerprint density at radius 2 is 0.935 bits per heavy atom. The quantitative estimate of drug-likeness (QED) is 0.343. The first kappa shape index (κ1) is 28.9. The molecule has 0 aliphatic rings. The molecule has 0 rings (SSSR count). The highest BCUT2D eigenvalue weighted by molar-refractivity contribution is 5.83. The van der Waals surface area contributed by atoms with Gasteiger partial charge in [0.15, 0.2) is 0 Å². The van der Waals surface area contributed by atoms with Crippen molar-refractivity contribution in [2.75, 3.05) is 26.3 Å². The van der Waals surface area contributed by atoms with Gasteiger partial charge in [-0.3, -0.25) is 9.59 Å². The van der Waals surface area contributed by atoms with Crippen molar-refractivity contribution in [3.8, 4) is 0 Å². The van der Waals surface area contributed by atoms with E-state index in [0.717, 1.165) is 6.42 Å². The molecular formula is C23H42N2O6. The normalized spacial score (nSPS) is 11.5. The number of alkyl carbamates (subject to hydrolysis) is 2. The Hall–Kier alpha value is -2.12. The molecule has 180 valence electrons. The van der Waals surface area contributed by atoms with Crippen LogP contribution in [0.2, 0.25) is 0 Å². The van der Waals surface area contributed by atoms with Crippen molar-refractivity contribution < 1.29 is 28.7 Å². The van der Waals surface area contributed by atoms with Crippen LogP contribution in [0.3, 0.4) is 0 Å². The Morgan fingerprint density at radius 1 is 0.613 bits per heavy atom. The smallest absolute Gasteiger partial charge is 0.407 e. The monoisotopic (exact) mass is 442 g/mol. The van der Waals surface area contributed by atoms with Crippen molar-refractivity contribution >= 4 is 23.8 Å². The molecule has 0 aliphatic carbocycles. The second kappa shape index (κ2) is 14.8. The van der Waals surface area contributed by atoms with Crippen LogP contribution in [0.25, 0.3) is 0 Å². The Bertz CT molecular complexity index is 533. The summed E-state index contributed by atoms with van der Waals surface area (Å²) < 4.78 is 10.3. The Morgan fingerprint density at radius 3 is 1.19 bits per heavy atom. The van der Waals surface area contributed by atoms with E-state index in [-0.39, 0.29) is 37.9 Å². The Kier molecular flexibility index (Phi) is 13.8. The van der Waals surface area contributed by atoms with E-state index in [2.05, 4.69) is 10.6 Å². The lowest BCUT2D eigenvalue weighted by atomic mass is 9.79. The molecular weight excluding hydrogens is 400 g/mol. The first-order valence-electron chi connectivity index (χ1n) is 11.5. The maximum Gasteiger partial charge on any atom is 0.407 e. The molecule has 8 heteroatoms. The molecule has 31 heavy (non-hydrogen) atoms. The predicted octanol–water partition coefficient (Wildman–Crippen LogP) is 4.40. The highest BCUT2D eigenvalue weighted by Crippen LogP contribution is 2.27. The number of rotatable bonds is 16. The molecule has 0 unspecified atom stereocenters. The van der Waals surface area contributed by atoms with Gasteiger partial charge < -0.3 is 20.1 Å². The van der Waals surface area contributed by atoms with Gasteiger partial charge in [0.2, 0.25) is 0 Å². The van der Waals surface area contributed by atoms with E-state index in [1.807, 2.05) is 27.7 Å². The number of carbonyl (C=O) groups is 4. The topological polar surface area (TPSA) is 111 Å². The van der Waals surface area contributed by atoms with Crippen LogP contribution >= 0.6 is 0 Å². The van der Waals surface area contributed by atoms with Crippen LogP contribution in [0.15, 0.2) is 0 Å². The summed E-state index contributed by atoms with van der Waals surface area (Å²) in [5.74, 6) is 0.136. The Labute approximate surface area is 187 Å². The summed E-state index contributed by atoms with van der Waals surface area (Å²) in [4.78, 5) is 47.4. The molecule has 0 saturated carbocycles. The van der Waals surface area contributed by atoms with Gasteiger partial charge in [0, 0.05) is 23.9 Å². The molecule has 8 nitrogen and oxygen atoms in total. The lowest BCUT2D eigenvalue weighted by molar-refractivity contribution is -0.127. The van der Waals surface area contributed by atoms with E-state index in [1.54, 1.807) is 13.8 Å². The molecule has 0 spiro atoms. The maximum absolute atomic E-state index is 11.9. The number of unbranched alkanes of at least 4 members (excludes halogenated alkanes) is 2. The summed E-state index contributed by atoms with van der Waals surface area (Å²) in [5, 5.41) is 5.37. The van der Waals surface area contributed by atoms with Crippen molar-refractivity contribution in [1.82, 2.24) is 10.6 Å². The molecule has 0 fully saturated rings. The second-order valence-electron chi connectivity index (χ2n) is 8.13. The van der Waals surface area contributed by atoms with E-state index in [1.165, 1.54) is 0 Å². The standard InChI is InChI=1S/C23H42N2O6/c1-7-22(8-2,18(5)26)16-24-20(28)30-14-12-11-13-15-31-21(29)25-17-23(9-3,10-4)19(6)27/h7-17H2,1-6H3,(H,24,28)(H,25,29). The minimum absolute atomic E-state index is 0.0678. The average Bonchev–Trinajstić information content (AvgIpc) is 2.74. The highest BCUT2D eigenvalue weighted by Gasteiger charge is 2.32. The second-order valence-corrected chi connectivity index (χ2v) is 8.13. The zero-order valence-corrected chi connectivity index (χ0v) is 20.2. The summed E-state index contributed by atoms with van der Waals surface area (Å²) >= 11 is 0. The number of ether oxygens (including phenoxy) is 2. The number of Topliss-reactive ketones (excluding diaryl/α,β-unsaturated/α-hetero) is 2. The Balaban J connectivity index is 3.96. The van der Waals surface area contributed by atoms with Crippen LogP contribution in [-0.4, -0.2) is 50.1 Å². The fourth-order valence-corrected chi connectivity index (χ4v) is 3.54. The van der Waals surface area contributed by atoms with Gasteiger partial charge in [-0.1, -0.05) is 27.7 Å². The zero-order chi connectivity index (χ0) is 23.9. The lowest BCUT2D eigenvalue weighted by Crippen LogP contribution is -2.41. The van der Waals surface area contributed by atoms with Crippen LogP contribution in [0, 0.1) is 10.8 Å². The van der Waals surface area contributed by atoms with Crippen LogP contribution < -0.4 is 10.6 Å². The number of carbonyl (C=O) groups excluding carboxylic acids is 4. The summed E-state index contributed by atoms with van der Waals surface area (Å²) in [6, 6.07) is 0. The minimum atomic E-state index is -0.532. The number of hydrogen-bond donors (Lipinski definition) is 2. The SMILES string of the molecule is CCC(CC)(CNC(=O)OCCCCCOC(=O)NCC(CC)(CC)C(C)=O)C(C)=O. The van der Waals surface area contributed by atoms with E-state index < -0.39 is 23.0 Å². The third-order valence-electron chi connectivity index (χ3n) is 6.60. The van der Waals surface area contributed by atoms with Crippen molar-refractivity contribution in [3.63, 3.8) is 0 Å². The summed E-state index contributed by atoms with van der Waals surface area (Å²) in [6.45, 7) is 11.9. The van der Waals surface area contributed by atoms with Gasteiger partial charge in [0.25, 0.3) is 0 Å². The van der Waals surface area contributed by atoms with Gasteiger partial charge in [-0.25, -0.2) is 9.59 Å². The molecule has 2 amide bonds. The maximum atomic E-state index is 11.9. The first-order valence-corrected chi connectivity index (χ1v) is 11.5. The van der Waals surface area contributed by atoms with E-state index in [9.17, 15) is 19.2 Å². The number of nitrogens with one attached hydrogen (secondary N) is 2. The molecule has 0 aliphatic heterocycles. The van der Waals surface area contributed by atoms with Crippen molar-refractivity contribution in [2.45, 2.75) is 86.5 Å². The van der Waals surface area contributed by atoms with Gasteiger partial charge in [-0.05, 0) is 58.8 Å². The van der Waals surface area contributed by atoms with Crippen LogP contribution in [0.1, 0.15) is 86.5 Å². The molecule has 0 atom stereocenters. The third kappa shape index (κ3) is 9.70. The molecule has 2 N–H and O–H groups in total. The van der Waals surface area contributed by atoms with Crippen LogP contribution in [0.4, 0.5) is 9.59 Å². The van der Waals surface area contributed by atoms with E-state index >= 15 is 0 Å². The molecule has 0 aromatic heterocycles. The number of hydrogen-bond acceptors (Lipinski definition) is 6. The van der Waals surface area contributed by atoms with Crippen molar-refractivity contribution in [1.29, 1.82) is 0 Å². The van der Waals surface area contributed by atoms with Gasteiger partial charge in [0.05, 0.1) is 13.2 Å². The summed E-state index contributed by atoms with van der Waals surface area (Å²) in [7, 11) is 0. The van der Waals surface area contributed by atoms with Gasteiger partial charge in [-0.15, -0.1) is 0 Å². The zero-order valence-electron chi connectivity index (χ0n) is 20.2. The highest BCUT2D eigenvalue weighted by atomic mass is 16.6. The fourth-order valence-electron chi connectivity index (χ4n) is 3.54.